The van der Waals surface area contributed by atoms with Gasteiger partial charge in [-0.3, -0.25) is 0 Å². The first-order valence-corrected chi connectivity index (χ1v) is 16.1. The molecular formula is C42H25BN2O2. The molecule has 0 saturated heterocycles. The van der Waals surface area contributed by atoms with Crippen LogP contribution in [0.1, 0.15) is 0 Å². The molecule has 11 rings (SSSR count). The molecule has 0 saturated carbocycles. The third-order valence-electron chi connectivity index (χ3n) is 10.1. The lowest BCUT2D eigenvalue weighted by atomic mass is 9.33. The molecule has 0 fully saturated rings. The maximum Gasteiger partial charge on any atom is 0.252 e. The van der Waals surface area contributed by atoms with Crippen LogP contribution >= 0.6 is 0 Å². The summed E-state index contributed by atoms with van der Waals surface area (Å²) in [5.41, 5.74) is 14.1. The minimum Gasteiger partial charge on any atom is -0.454 e. The van der Waals surface area contributed by atoms with Crippen LogP contribution in [0.4, 0.5) is 34.1 Å². The van der Waals surface area contributed by atoms with Gasteiger partial charge < -0.3 is 18.6 Å². The Labute approximate surface area is 270 Å². The summed E-state index contributed by atoms with van der Waals surface area (Å²) in [6.45, 7) is 0.0610. The molecule has 4 heterocycles. The second kappa shape index (κ2) is 9.18. The minimum atomic E-state index is 0.0610. The smallest absolute Gasteiger partial charge is 0.252 e. The van der Waals surface area contributed by atoms with Crippen LogP contribution in [0.15, 0.2) is 160 Å². The molecular weight excluding hydrogens is 575 g/mol. The fourth-order valence-electron chi connectivity index (χ4n) is 8.17. The van der Waals surface area contributed by atoms with Crippen molar-refractivity contribution >= 4 is 101 Å². The van der Waals surface area contributed by atoms with Crippen molar-refractivity contribution in [3.8, 4) is 0 Å². The highest BCUT2D eigenvalue weighted by atomic mass is 16.3. The molecule has 9 aromatic rings. The molecule has 0 spiro atoms. The van der Waals surface area contributed by atoms with Crippen molar-refractivity contribution < 1.29 is 8.83 Å². The third-order valence-corrected chi connectivity index (χ3v) is 10.1. The first kappa shape index (κ1) is 25.0. The van der Waals surface area contributed by atoms with Gasteiger partial charge in [0.25, 0.3) is 6.71 Å². The van der Waals surface area contributed by atoms with Gasteiger partial charge >= 0.3 is 0 Å². The number of fused-ring (bicyclic) bond motifs is 10. The maximum absolute atomic E-state index is 6.62. The van der Waals surface area contributed by atoms with Crippen LogP contribution in [-0.4, -0.2) is 6.71 Å². The van der Waals surface area contributed by atoms with Gasteiger partial charge in [0.05, 0.1) is 11.4 Å². The lowest BCUT2D eigenvalue weighted by Gasteiger charge is -2.43. The quantitative estimate of drug-likeness (QED) is 0.185. The Kier molecular flexibility index (Phi) is 4.89. The number of rotatable bonds is 2. The van der Waals surface area contributed by atoms with E-state index in [1.807, 2.05) is 12.1 Å². The van der Waals surface area contributed by atoms with Crippen LogP contribution in [0.5, 0.6) is 0 Å². The summed E-state index contributed by atoms with van der Waals surface area (Å²) in [5, 5.41) is 4.49. The van der Waals surface area contributed by atoms with Crippen molar-refractivity contribution in [2.24, 2.45) is 0 Å². The van der Waals surface area contributed by atoms with Crippen LogP contribution in [0.2, 0.25) is 0 Å². The molecule has 0 aliphatic carbocycles. The molecule has 2 aromatic heterocycles. The average molecular weight is 600 g/mol. The summed E-state index contributed by atoms with van der Waals surface area (Å²) in [6.07, 6.45) is 0. The lowest BCUT2D eigenvalue weighted by molar-refractivity contribution is 0.669. The van der Waals surface area contributed by atoms with E-state index in [-0.39, 0.29) is 6.71 Å². The number of anilines is 6. The van der Waals surface area contributed by atoms with Gasteiger partial charge in [0, 0.05) is 44.3 Å². The Morgan fingerprint density at radius 3 is 1.26 bits per heavy atom. The maximum atomic E-state index is 6.62. The van der Waals surface area contributed by atoms with E-state index in [1.54, 1.807) is 0 Å². The predicted octanol–water partition coefficient (Wildman–Crippen LogP) is 9.57. The molecule has 2 aliphatic rings. The van der Waals surface area contributed by atoms with Gasteiger partial charge in [-0.1, -0.05) is 103 Å². The number of benzene rings is 7. The third kappa shape index (κ3) is 3.27. The fourth-order valence-corrected chi connectivity index (χ4v) is 8.17. The Bertz CT molecular complexity index is 2560. The molecule has 0 bridgehead atoms. The summed E-state index contributed by atoms with van der Waals surface area (Å²) < 4.78 is 13.2. The normalized spacial score (nSPS) is 13.4. The van der Waals surface area contributed by atoms with Gasteiger partial charge in [-0.25, -0.2) is 0 Å². The molecule has 0 unspecified atom stereocenters. The SMILES string of the molecule is c1ccc2c(c1)B1c3ccccc3N(c3cccc4c3oc3ccccc34)c3cccc(c31)N2c1cccc2c1oc1ccccc12. The fraction of sp³-hybridized carbons (Fsp3) is 0. The molecule has 218 valence electrons. The van der Waals surface area contributed by atoms with Crippen LogP contribution < -0.4 is 26.2 Å². The number of hydrogen-bond acceptors (Lipinski definition) is 4. The zero-order valence-electron chi connectivity index (χ0n) is 25.2. The molecule has 2 aliphatic heterocycles. The van der Waals surface area contributed by atoms with E-state index in [1.165, 1.54) is 16.4 Å². The van der Waals surface area contributed by atoms with Crippen LogP contribution in [-0.2, 0) is 0 Å². The molecule has 7 aromatic carbocycles. The number of nitrogens with zero attached hydrogens (tertiary/aromatic N) is 2. The summed E-state index contributed by atoms with van der Waals surface area (Å²) in [4.78, 5) is 4.81. The first-order chi connectivity index (χ1) is 23.3. The standard InChI is InChI=1S/C42H25BN2O2/c1-7-24-38-26(12-1)28-14-9-22-36(41(28)46-38)44-32-18-5-3-16-30(32)43-31-17-4-6-19-33(31)45(35-21-11-20-34(44)40(35)43)37-23-10-15-29-27-13-2-8-25-39(27)47-42(29)37/h1-25H. The monoisotopic (exact) mass is 600 g/mol. The van der Waals surface area contributed by atoms with Crippen molar-refractivity contribution in [1.82, 2.24) is 0 Å². The van der Waals surface area contributed by atoms with Crippen LogP contribution in [0, 0.1) is 0 Å². The Balaban J connectivity index is 1.23. The van der Waals surface area contributed by atoms with E-state index in [0.717, 1.165) is 78.0 Å². The minimum absolute atomic E-state index is 0.0610. The van der Waals surface area contributed by atoms with E-state index >= 15 is 0 Å². The highest BCUT2D eigenvalue weighted by molar-refractivity contribution is 7.00. The van der Waals surface area contributed by atoms with Crippen LogP contribution in [0.25, 0.3) is 43.9 Å². The molecule has 47 heavy (non-hydrogen) atoms. The second-order valence-electron chi connectivity index (χ2n) is 12.4. The summed E-state index contributed by atoms with van der Waals surface area (Å²) in [6, 6.07) is 54.0. The molecule has 0 N–H and O–H groups in total. The van der Waals surface area contributed by atoms with Crippen molar-refractivity contribution in [3.63, 3.8) is 0 Å². The lowest BCUT2D eigenvalue weighted by Crippen LogP contribution is -2.61. The predicted molar refractivity (Wildman–Crippen MR) is 195 cm³/mol. The van der Waals surface area contributed by atoms with Gasteiger partial charge in [0.1, 0.15) is 11.2 Å². The Morgan fingerprint density at radius 1 is 0.340 bits per heavy atom. The topological polar surface area (TPSA) is 32.8 Å². The van der Waals surface area contributed by atoms with E-state index in [2.05, 4.69) is 149 Å². The number of hydrogen-bond donors (Lipinski definition) is 0. The van der Waals surface area contributed by atoms with E-state index in [9.17, 15) is 0 Å². The molecule has 4 nitrogen and oxygen atoms in total. The van der Waals surface area contributed by atoms with Gasteiger partial charge in [-0.05, 0) is 64.9 Å². The second-order valence-corrected chi connectivity index (χ2v) is 12.4. The Hall–Kier alpha value is -6.20. The van der Waals surface area contributed by atoms with Gasteiger partial charge in [0.15, 0.2) is 11.2 Å². The van der Waals surface area contributed by atoms with E-state index < -0.39 is 0 Å². The molecule has 0 atom stereocenters. The largest absolute Gasteiger partial charge is 0.454 e. The summed E-state index contributed by atoms with van der Waals surface area (Å²) in [7, 11) is 0. The Morgan fingerprint density at radius 2 is 0.723 bits per heavy atom. The average Bonchev–Trinajstić information content (AvgIpc) is 3.71. The first-order valence-electron chi connectivity index (χ1n) is 16.1. The molecule has 5 heteroatoms. The van der Waals surface area contributed by atoms with Gasteiger partial charge in [-0.2, -0.15) is 0 Å². The highest BCUT2D eigenvalue weighted by Crippen LogP contribution is 2.48. The molecule has 0 amide bonds. The van der Waals surface area contributed by atoms with Crippen molar-refractivity contribution in [2.45, 2.75) is 0 Å². The number of para-hydroxylation sites is 6. The van der Waals surface area contributed by atoms with Crippen molar-refractivity contribution in [1.29, 1.82) is 0 Å². The van der Waals surface area contributed by atoms with Crippen LogP contribution in [0.3, 0.4) is 0 Å². The molecule has 0 radical (unpaired) electrons. The zero-order chi connectivity index (χ0) is 30.6. The van der Waals surface area contributed by atoms with Crippen molar-refractivity contribution in [2.75, 3.05) is 9.80 Å². The van der Waals surface area contributed by atoms with E-state index in [4.69, 9.17) is 8.83 Å². The van der Waals surface area contributed by atoms with Gasteiger partial charge in [0.2, 0.25) is 0 Å². The summed E-state index contributed by atoms with van der Waals surface area (Å²) >= 11 is 0. The summed E-state index contributed by atoms with van der Waals surface area (Å²) in [5.74, 6) is 0. The zero-order valence-corrected chi connectivity index (χ0v) is 25.2. The van der Waals surface area contributed by atoms with Gasteiger partial charge in [-0.15, -0.1) is 0 Å². The van der Waals surface area contributed by atoms with Crippen molar-refractivity contribution in [3.05, 3.63) is 152 Å². The van der Waals surface area contributed by atoms with E-state index in [0.29, 0.717) is 0 Å². The number of furan rings is 2. The highest BCUT2D eigenvalue weighted by Gasteiger charge is 2.43.